The van der Waals surface area contributed by atoms with Gasteiger partial charge in [-0.15, -0.1) is 10.2 Å². The first-order valence-electron chi connectivity index (χ1n) is 8.42. The van der Waals surface area contributed by atoms with Gasteiger partial charge in [-0.3, -0.25) is 4.68 Å². The van der Waals surface area contributed by atoms with Crippen molar-refractivity contribution in [1.82, 2.24) is 20.0 Å². The van der Waals surface area contributed by atoms with Gasteiger partial charge in [-0.2, -0.15) is 5.10 Å². The van der Waals surface area contributed by atoms with E-state index in [1.54, 1.807) is 13.3 Å². The van der Waals surface area contributed by atoms with Crippen LogP contribution in [0.1, 0.15) is 17.0 Å². The predicted octanol–water partition coefficient (Wildman–Crippen LogP) is 4.34. The molecule has 0 atom stereocenters. The second kappa shape index (κ2) is 7.75. The predicted molar refractivity (Wildman–Crippen MR) is 105 cm³/mol. The number of aromatic nitrogens is 4. The number of rotatable bonds is 6. The van der Waals surface area contributed by atoms with E-state index in [4.69, 9.17) is 9.15 Å². The van der Waals surface area contributed by atoms with Crippen LogP contribution < -0.4 is 4.74 Å². The Morgan fingerprint density at radius 3 is 2.41 bits per heavy atom. The summed E-state index contributed by atoms with van der Waals surface area (Å²) >= 11 is 3.40. The van der Waals surface area contributed by atoms with Crippen LogP contribution in [0.25, 0.3) is 11.5 Å². The molecule has 136 valence electrons. The first kappa shape index (κ1) is 17.5. The molecule has 7 heteroatoms. The van der Waals surface area contributed by atoms with E-state index in [2.05, 4.69) is 31.2 Å². The van der Waals surface area contributed by atoms with Gasteiger partial charge in [-0.1, -0.05) is 24.3 Å². The molecule has 0 amide bonds. The van der Waals surface area contributed by atoms with Crippen LogP contribution in [0.3, 0.4) is 0 Å². The van der Waals surface area contributed by atoms with Crippen molar-refractivity contribution in [3.63, 3.8) is 0 Å². The van der Waals surface area contributed by atoms with Gasteiger partial charge in [0.25, 0.3) is 0 Å². The first-order valence-corrected chi connectivity index (χ1v) is 9.21. The third-order valence-electron chi connectivity index (χ3n) is 4.13. The van der Waals surface area contributed by atoms with Gasteiger partial charge >= 0.3 is 0 Å². The minimum Gasteiger partial charge on any atom is -0.497 e. The molecule has 0 saturated carbocycles. The molecule has 2 aromatic heterocycles. The van der Waals surface area contributed by atoms with E-state index >= 15 is 0 Å². The first-order chi connectivity index (χ1) is 13.2. The summed E-state index contributed by atoms with van der Waals surface area (Å²) in [6.45, 7) is 0.707. The third-order valence-corrected chi connectivity index (χ3v) is 4.54. The average Bonchev–Trinajstić information content (AvgIpc) is 3.32. The standard InChI is InChI=1S/C20H17BrN4O2/c1-26-18-8-4-14(5-9-18)10-19-23-24-20(27-19)16-6-2-15(3-7-16)12-25-13-17(21)11-22-25/h2-9,11,13H,10,12H2,1H3. The zero-order valence-electron chi connectivity index (χ0n) is 14.7. The Labute approximate surface area is 164 Å². The highest BCUT2D eigenvalue weighted by Crippen LogP contribution is 2.21. The van der Waals surface area contributed by atoms with Crippen LogP contribution in [0.2, 0.25) is 0 Å². The second-order valence-electron chi connectivity index (χ2n) is 6.08. The van der Waals surface area contributed by atoms with E-state index in [0.29, 0.717) is 24.7 Å². The molecular formula is C20H17BrN4O2. The second-order valence-corrected chi connectivity index (χ2v) is 6.99. The van der Waals surface area contributed by atoms with Crippen molar-refractivity contribution in [3.05, 3.63) is 82.4 Å². The van der Waals surface area contributed by atoms with Gasteiger partial charge in [-0.05, 0) is 51.3 Å². The van der Waals surface area contributed by atoms with Gasteiger partial charge in [0.2, 0.25) is 11.8 Å². The van der Waals surface area contributed by atoms with Gasteiger partial charge in [0.1, 0.15) is 5.75 Å². The van der Waals surface area contributed by atoms with Crippen molar-refractivity contribution in [1.29, 1.82) is 0 Å². The Bertz CT molecular complexity index is 1020. The van der Waals surface area contributed by atoms with Crippen molar-refractivity contribution in [2.75, 3.05) is 7.11 Å². The highest BCUT2D eigenvalue weighted by atomic mass is 79.9. The summed E-state index contributed by atoms with van der Waals surface area (Å²) in [5.74, 6) is 1.93. The maximum atomic E-state index is 5.81. The summed E-state index contributed by atoms with van der Waals surface area (Å²) in [6, 6.07) is 15.9. The molecule has 4 aromatic rings. The van der Waals surface area contributed by atoms with Crippen LogP contribution >= 0.6 is 15.9 Å². The highest BCUT2D eigenvalue weighted by Gasteiger charge is 2.10. The van der Waals surface area contributed by atoms with E-state index in [1.807, 2.05) is 59.4 Å². The van der Waals surface area contributed by atoms with Crippen LogP contribution in [0.5, 0.6) is 5.75 Å². The summed E-state index contributed by atoms with van der Waals surface area (Å²) in [5, 5.41) is 12.6. The van der Waals surface area contributed by atoms with Gasteiger partial charge < -0.3 is 9.15 Å². The molecule has 6 nitrogen and oxygen atoms in total. The number of nitrogens with zero attached hydrogens (tertiary/aromatic N) is 4. The van der Waals surface area contributed by atoms with E-state index in [1.165, 1.54) is 0 Å². The summed E-state index contributed by atoms with van der Waals surface area (Å²) in [7, 11) is 1.65. The lowest BCUT2D eigenvalue weighted by Crippen LogP contribution is -1.99. The van der Waals surface area contributed by atoms with E-state index in [-0.39, 0.29) is 0 Å². The number of ether oxygens (including phenoxy) is 1. The van der Waals surface area contributed by atoms with Crippen LogP contribution in [-0.4, -0.2) is 27.1 Å². The van der Waals surface area contributed by atoms with Gasteiger partial charge in [0.15, 0.2) is 0 Å². The minimum atomic E-state index is 0.520. The molecule has 0 saturated heterocycles. The Balaban J connectivity index is 1.44. The summed E-state index contributed by atoms with van der Waals surface area (Å²) in [6.07, 6.45) is 4.30. The molecule has 0 N–H and O–H groups in total. The molecule has 0 aliphatic heterocycles. The highest BCUT2D eigenvalue weighted by molar-refractivity contribution is 9.10. The Morgan fingerprint density at radius 1 is 1.00 bits per heavy atom. The van der Waals surface area contributed by atoms with Crippen molar-refractivity contribution in [3.8, 4) is 17.2 Å². The fourth-order valence-corrected chi connectivity index (χ4v) is 3.05. The van der Waals surface area contributed by atoms with Crippen LogP contribution in [0.15, 0.2) is 69.8 Å². The molecule has 2 aromatic carbocycles. The monoisotopic (exact) mass is 424 g/mol. The maximum absolute atomic E-state index is 5.81. The number of methoxy groups -OCH3 is 1. The maximum Gasteiger partial charge on any atom is 0.247 e. The van der Waals surface area contributed by atoms with Gasteiger partial charge in [0, 0.05) is 11.8 Å². The van der Waals surface area contributed by atoms with Crippen LogP contribution in [-0.2, 0) is 13.0 Å². The van der Waals surface area contributed by atoms with Crippen LogP contribution in [0, 0.1) is 0 Å². The molecule has 2 heterocycles. The van der Waals surface area contributed by atoms with E-state index in [9.17, 15) is 0 Å². The molecule has 4 rings (SSSR count). The smallest absolute Gasteiger partial charge is 0.247 e. The number of halogens is 1. The van der Waals surface area contributed by atoms with E-state index in [0.717, 1.165) is 26.9 Å². The molecule has 0 unspecified atom stereocenters. The lowest BCUT2D eigenvalue weighted by molar-refractivity contribution is 0.414. The molecule has 0 spiro atoms. The molecule has 27 heavy (non-hydrogen) atoms. The normalized spacial score (nSPS) is 10.9. The van der Waals surface area contributed by atoms with Crippen molar-refractivity contribution in [2.24, 2.45) is 0 Å². The summed E-state index contributed by atoms with van der Waals surface area (Å²) in [4.78, 5) is 0. The summed E-state index contributed by atoms with van der Waals surface area (Å²) < 4.78 is 13.8. The molecule has 0 aliphatic carbocycles. The number of hydrogen-bond donors (Lipinski definition) is 0. The molecule has 0 fully saturated rings. The lowest BCUT2D eigenvalue weighted by atomic mass is 10.1. The fraction of sp³-hybridized carbons (Fsp3) is 0.150. The average molecular weight is 425 g/mol. The number of hydrogen-bond acceptors (Lipinski definition) is 5. The quantitative estimate of drug-likeness (QED) is 0.460. The van der Waals surface area contributed by atoms with Crippen molar-refractivity contribution in [2.45, 2.75) is 13.0 Å². The molecule has 0 aliphatic rings. The van der Waals surface area contributed by atoms with Crippen molar-refractivity contribution < 1.29 is 9.15 Å². The fourth-order valence-electron chi connectivity index (χ4n) is 2.72. The molecular weight excluding hydrogens is 408 g/mol. The van der Waals surface area contributed by atoms with Gasteiger partial charge in [-0.25, -0.2) is 0 Å². The largest absolute Gasteiger partial charge is 0.497 e. The minimum absolute atomic E-state index is 0.520. The SMILES string of the molecule is COc1ccc(Cc2nnc(-c3ccc(Cn4cc(Br)cn4)cc3)o2)cc1. The summed E-state index contributed by atoms with van der Waals surface area (Å²) in [5.41, 5.74) is 3.13. The Morgan fingerprint density at radius 2 is 1.74 bits per heavy atom. The zero-order chi connectivity index (χ0) is 18.6. The zero-order valence-corrected chi connectivity index (χ0v) is 16.3. The van der Waals surface area contributed by atoms with E-state index < -0.39 is 0 Å². The Kier molecular flexibility index (Phi) is 5.02. The topological polar surface area (TPSA) is 66.0 Å². The van der Waals surface area contributed by atoms with Crippen molar-refractivity contribution >= 4 is 15.9 Å². The Hall–Kier alpha value is -2.93. The number of benzene rings is 2. The third kappa shape index (κ3) is 4.25. The van der Waals surface area contributed by atoms with Gasteiger partial charge in [0.05, 0.1) is 30.7 Å². The van der Waals surface area contributed by atoms with Crippen LogP contribution in [0.4, 0.5) is 0 Å². The molecule has 0 bridgehead atoms. The lowest BCUT2D eigenvalue weighted by Gasteiger charge is -2.02. The molecule has 0 radical (unpaired) electrons.